The van der Waals surface area contributed by atoms with E-state index in [2.05, 4.69) is 15.9 Å². The van der Waals surface area contributed by atoms with Crippen LogP contribution in [-0.4, -0.2) is 22.6 Å². The highest BCUT2D eigenvalue weighted by Gasteiger charge is 2.42. The molecule has 0 fully saturated rings. The molecule has 3 aromatic rings. The van der Waals surface area contributed by atoms with Gasteiger partial charge in [-0.15, -0.1) is 0 Å². The fraction of sp³-hybridized carbons (Fsp3) is 0.174. The zero-order valence-corrected chi connectivity index (χ0v) is 17.4. The number of ether oxygens (including phenoxy) is 1. The average molecular weight is 454 g/mol. The fourth-order valence-electron chi connectivity index (χ4n) is 3.37. The summed E-state index contributed by atoms with van der Waals surface area (Å²) < 4.78 is 5.14. The molecule has 29 heavy (non-hydrogen) atoms. The number of hydrogen-bond acceptors (Lipinski definition) is 4. The van der Waals surface area contributed by atoms with Crippen molar-refractivity contribution in [3.8, 4) is 5.75 Å². The normalized spacial score (nSPS) is 13.9. The van der Waals surface area contributed by atoms with Crippen LogP contribution >= 0.6 is 15.9 Å². The van der Waals surface area contributed by atoms with E-state index in [4.69, 9.17) is 4.74 Å². The number of carbonyl (C=O) groups excluding carboxylic acids is 1. The van der Waals surface area contributed by atoms with E-state index in [1.807, 2.05) is 36.4 Å². The summed E-state index contributed by atoms with van der Waals surface area (Å²) in [6, 6.07) is 23.6. The Labute approximate surface area is 177 Å². The third-order valence-corrected chi connectivity index (χ3v) is 5.82. The second-order valence-electron chi connectivity index (χ2n) is 6.57. The van der Waals surface area contributed by atoms with Gasteiger partial charge in [0.15, 0.2) is 5.78 Å². The van der Waals surface area contributed by atoms with Gasteiger partial charge in [0.1, 0.15) is 5.75 Å². The lowest BCUT2D eigenvalue weighted by Crippen LogP contribution is -2.31. The third-order valence-electron chi connectivity index (χ3n) is 4.83. The number of Topliss-reactive ketones (excluding diaryl/α,β-unsaturated/α-hetero) is 1. The lowest BCUT2D eigenvalue weighted by Gasteiger charge is -2.25. The van der Waals surface area contributed by atoms with E-state index in [0.717, 1.165) is 5.56 Å². The lowest BCUT2D eigenvalue weighted by atomic mass is 9.82. The van der Waals surface area contributed by atoms with Crippen molar-refractivity contribution in [3.05, 3.63) is 112 Å². The van der Waals surface area contributed by atoms with Gasteiger partial charge >= 0.3 is 0 Å². The van der Waals surface area contributed by atoms with Crippen LogP contribution < -0.4 is 4.74 Å². The molecule has 0 bridgehead atoms. The molecule has 0 aliphatic rings. The Morgan fingerprint density at radius 3 is 1.90 bits per heavy atom. The van der Waals surface area contributed by atoms with E-state index in [0.29, 0.717) is 16.9 Å². The van der Waals surface area contributed by atoms with E-state index >= 15 is 0 Å². The maximum atomic E-state index is 13.2. The first-order valence-electron chi connectivity index (χ1n) is 9.08. The highest BCUT2D eigenvalue weighted by Crippen LogP contribution is 2.40. The number of nitro groups is 1. The first-order chi connectivity index (χ1) is 14.0. The van der Waals surface area contributed by atoms with E-state index in [1.54, 1.807) is 55.6 Å². The van der Waals surface area contributed by atoms with Crippen molar-refractivity contribution in [2.75, 3.05) is 7.11 Å². The van der Waals surface area contributed by atoms with Gasteiger partial charge < -0.3 is 4.74 Å². The molecule has 6 heteroatoms. The highest BCUT2D eigenvalue weighted by atomic mass is 79.9. The van der Waals surface area contributed by atoms with Crippen LogP contribution in [0.1, 0.15) is 33.4 Å². The molecule has 0 aromatic heterocycles. The van der Waals surface area contributed by atoms with Gasteiger partial charge in [-0.2, -0.15) is 0 Å². The summed E-state index contributed by atoms with van der Waals surface area (Å²) in [5.74, 6) is -0.271. The maximum absolute atomic E-state index is 13.2. The first kappa shape index (κ1) is 20.7. The summed E-state index contributed by atoms with van der Waals surface area (Å²) in [5, 5.41) is 12.1. The molecule has 3 unspecified atom stereocenters. The number of halogens is 1. The van der Waals surface area contributed by atoms with Gasteiger partial charge in [0.05, 0.1) is 17.9 Å². The van der Waals surface area contributed by atoms with Crippen molar-refractivity contribution in [1.29, 1.82) is 0 Å². The standard InChI is InChI=1S/C23H20BrNO4/c1-29-19-14-12-18(13-15-19)23(26)21(24)20(16-8-4-2-5-9-16)22(25(27)28)17-10-6-3-7-11-17/h2-15,20-22H,1H3. The second-order valence-corrected chi connectivity index (χ2v) is 7.56. The zero-order valence-electron chi connectivity index (χ0n) is 15.8. The van der Waals surface area contributed by atoms with Crippen molar-refractivity contribution in [3.63, 3.8) is 0 Å². The number of rotatable bonds is 8. The fourth-order valence-corrected chi connectivity index (χ4v) is 4.23. The molecule has 0 spiro atoms. The molecule has 0 aliphatic heterocycles. The Kier molecular flexibility index (Phi) is 6.77. The molecule has 3 rings (SSSR count). The highest BCUT2D eigenvalue weighted by molar-refractivity contribution is 9.10. The molecule has 0 heterocycles. The van der Waals surface area contributed by atoms with Gasteiger partial charge in [-0.05, 0) is 29.8 Å². The van der Waals surface area contributed by atoms with Crippen LogP contribution in [0.3, 0.4) is 0 Å². The largest absolute Gasteiger partial charge is 0.497 e. The number of carbonyl (C=O) groups is 1. The van der Waals surface area contributed by atoms with Gasteiger partial charge in [-0.1, -0.05) is 76.6 Å². The molecule has 0 N–H and O–H groups in total. The Balaban J connectivity index is 2.04. The van der Waals surface area contributed by atoms with Gasteiger partial charge in [0.2, 0.25) is 6.04 Å². The molecule has 148 valence electrons. The Morgan fingerprint density at radius 1 is 0.897 bits per heavy atom. The summed E-state index contributed by atoms with van der Waals surface area (Å²) in [5.41, 5.74) is 1.74. The first-order valence-corrected chi connectivity index (χ1v) is 10.00. The number of benzene rings is 3. The van der Waals surface area contributed by atoms with Crippen LogP contribution in [0.25, 0.3) is 0 Å². The van der Waals surface area contributed by atoms with Crippen molar-refractivity contribution < 1.29 is 14.5 Å². The molecule has 5 nitrogen and oxygen atoms in total. The number of methoxy groups -OCH3 is 1. The molecular formula is C23H20BrNO4. The number of nitrogens with zero attached hydrogens (tertiary/aromatic N) is 1. The van der Waals surface area contributed by atoms with Crippen LogP contribution in [0, 0.1) is 10.1 Å². The van der Waals surface area contributed by atoms with E-state index in [-0.39, 0.29) is 10.7 Å². The summed E-state index contributed by atoms with van der Waals surface area (Å²) in [6.07, 6.45) is 0. The number of hydrogen-bond donors (Lipinski definition) is 0. The summed E-state index contributed by atoms with van der Waals surface area (Å²) in [6.45, 7) is 0. The molecular weight excluding hydrogens is 434 g/mol. The molecule has 0 amide bonds. The van der Waals surface area contributed by atoms with E-state index in [1.165, 1.54) is 0 Å². The van der Waals surface area contributed by atoms with Crippen LogP contribution in [0.5, 0.6) is 5.75 Å². The quantitative estimate of drug-likeness (QED) is 0.197. The van der Waals surface area contributed by atoms with E-state index < -0.39 is 16.8 Å². The lowest BCUT2D eigenvalue weighted by molar-refractivity contribution is -0.533. The Hall–Kier alpha value is -2.99. The number of alkyl halides is 1. The maximum Gasteiger partial charge on any atom is 0.246 e. The Bertz CT molecular complexity index is 961. The summed E-state index contributed by atoms with van der Waals surface area (Å²) in [4.78, 5) is 24.2. The van der Waals surface area contributed by atoms with Crippen LogP contribution in [0.2, 0.25) is 0 Å². The average Bonchev–Trinajstić information content (AvgIpc) is 2.77. The zero-order chi connectivity index (χ0) is 20.8. The molecule has 0 saturated heterocycles. The smallest absolute Gasteiger partial charge is 0.246 e. The minimum absolute atomic E-state index is 0.218. The molecule has 0 saturated carbocycles. The van der Waals surface area contributed by atoms with E-state index in [9.17, 15) is 14.9 Å². The minimum Gasteiger partial charge on any atom is -0.497 e. The summed E-state index contributed by atoms with van der Waals surface area (Å²) in [7, 11) is 1.55. The van der Waals surface area contributed by atoms with Crippen molar-refractivity contribution in [2.45, 2.75) is 16.8 Å². The SMILES string of the molecule is COc1ccc(C(=O)C(Br)C(c2ccccc2)C(c2ccccc2)[N+](=O)[O-])cc1. The predicted octanol–water partition coefficient (Wildman–Crippen LogP) is 5.44. The van der Waals surface area contributed by atoms with Crippen LogP contribution in [-0.2, 0) is 0 Å². The summed E-state index contributed by atoms with van der Waals surface area (Å²) >= 11 is 3.50. The van der Waals surface area contributed by atoms with Crippen molar-refractivity contribution >= 4 is 21.7 Å². The molecule has 0 aliphatic carbocycles. The van der Waals surface area contributed by atoms with Crippen molar-refractivity contribution in [1.82, 2.24) is 0 Å². The number of ketones is 1. The predicted molar refractivity (Wildman–Crippen MR) is 115 cm³/mol. The molecule has 3 atom stereocenters. The monoisotopic (exact) mass is 453 g/mol. The third kappa shape index (κ3) is 4.71. The Morgan fingerprint density at radius 2 is 1.41 bits per heavy atom. The molecule has 0 radical (unpaired) electrons. The minimum atomic E-state index is -1.08. The van der Waals surface area contributed by atoms with Crippen LogP contribution in [0.15, 0.2) is 84.9 Å². The second kappa shape index (κ2) is 9.47. The topological polar surface area (TPSA) is 69.4 Å². The molecule has 3 aromatic carbocycles. The van der Waals surface area contributed by atoms with Crippen LogP contribution in [0.4, 0.5) is 0 Å². The van der Waals surface area contributed by atoms with Gasteiger partial charge in [0, 0.05) is 16.1 Å². The van der Waals surface area contributed by atoms with Crippen molar-refractivity contribution in [2.24, 2.45) is 0 Å². The van der Waals surface area contributed by atoms with Gasteiger partial charge in [-0.3, -0.25) is 14.9 Å². The van der Waals surface area contributed by atoms with Gasteiger partial charge in [0.25, 0.3) is 0 Å². The van der Waals surface area contributed by atoms with Gasteiger partial charge in [-0.25, -0.2) is 0 Å².